The van der Waals surface area contributed by atoms with Crippen LogP contribution >= 0.6 is 0 Å². The van der Waals surface area contributed by atoms with Gasteiger partial charge in [-0.1, -0.05) is 12.1 Å². The quantitative estimate of drug-likeness (QED) is 0.571. The van der Waals surface area contributed by atoms with Gasteiger partial charge in [-0.3, -0.25) is 4.39 Å². The van der Waals surface area contributed by atoms with Crippen LogP contribution in [-0.4, -0.2) is 24.9 Å². The van der Waals surface area contributed by atoms with Crippen molar-refractivity contribution in [3.8, 4) is 5.75 Å². The number of aromatic hydroxyl groups is 1. The van der Waals surface area contributed by atoms with Gasteiger partial charge in [0.05, 0.1) is 19.8 Å². The van der Waals surface area contributed by atoms with Gasteiger partial charge in [-0.05, 0) is 24.1 Å². The number of halogens is 2. The minimum atomic E-state index is -0.227. The second-order valence-corrected chi connectivity index (χ2v) is 3.78. The smallest absolute Gasteiger partial charge is 0.118 e. The van der Waals surface area contributed by atoms with Gasteiger partial charge in [-0.15, -0.1) is 0 Å². The van der Waals surface area contributed by atoms with Gasteiger partial charge in [0.2, 0.25) is 0 Å². The number of nitrogens with two attached hydrogens (primary N) is 1. The molecule has 0 radical (unpaired) electrons. The zero-order valence-corrected chi connectivity index (χ0v) is 10.3. The van der Waals surface area contributed by atoms with E-state index in [9.17, 15) is 9.50 Å². The first kappa shape index (κ1) is 15.2. The lowest BCUT2D eigenvalue weighted by molar-refractivity contribution is -0.654. The highest BCUT2D eigenvalue weighted by atomic mass is 35.5. The summed E-state index contributed by atoms with van der Waals surface area (Å²) in [5.41, 5.74) is 2.14. The Labute approximate surface area is 102 Å². The molecule has 0 spiro atoms. The molecule has 1 aromatic rings. The molecular weight excluding hydrogens is 229 g/mol. The van der Waals surface area contributed by atoms with Crippen molar-refractivity contribution in [3.63, 3.8) is 0 Å². The molecule has 0 heterocycles. The summed E-state index contributed by atoms with van der Waals surface area (Å²) in [5, 5.41) is 11.5. The number of phenolic OH excluding ortho intramolecular Hbond substituents is 1. The summed E-state index contributed by atoms with van der Waals surface area (Å²) >= 11 is 0. The number of hydrogen-bond acceptors (Lipinski definition) is 1. The van der Waals surface area contributed by atoms with Crippen LogP contribution in [0, 0.1) is 6.92 Å². The van der Waals surface area contributed by atoms with Gasteiger partial charge in [0.1, 0.15) is 5.75 Å². The number of benzene rings is 1. The minimum absolute atomic E-state index is 0. The summed E-state index contributed by atoms with van der Waals surface area (Å²) in [7, 11) is 0. The molecule has 0 atom stereocenters. The Morgan fingerprint density at radius 2 is 2.06 bits per heavy atom. The van der Waals surface area contributed by atoms with Crippen LogP contribution in [0.25, 0.3) is 0 Å². The van der Waals surface area contributed by atoms with Gasteiger partial charge in [0.25, 0.3) is 0 Å². The summed E-state index contributed by atoms with van der Waals surface area (Å²) in [6.07, 6.45) is 1.60. The molecule has 3 N–H and O–H groups in total. The molecule has 0 aromatic heterocycles. The molecule has 2 nitrogen and oxygen atoms in total. The normalized spacial score (nSPS) is 9.88. The van der Waals surface area contributed by atoms with Crippen LogP contribution in [0.15, 0.2) is 18.2 Å². The van der Waals surface area contributed by atoms with Crippen molar-refractivity contribution in [2.75, 3.05) is 19.8 Å². The fraction of sp³-hybridized carbons (Fsp3) is 0.500. The van der Waals surface area contributed by atoms with Gasteiger partial charge in [-0.25, -0.2) is 0 Å². The lowest BCUT2D eigenvalue weighted by Gasteiger charge is -2.03. The number of quaternary nitrogens is 1. The van der Waals surface area contributed by atoms with Gasteiger partial charge >= 0.3 is 0 Å². The predicted octanol–water partition coefficient (Wildman–Crippen LogP) is -1.83. The molecule has 16 heavy (non-hydrogen) atoms. The molecule has 1 aromatic carbocycles. The number of aryl methyl sites for hydroxylation is 1. The molecule has 0 saturated carbocycles. The number of alkyl halides is 1. The molecule has 0 unspecified atom stereocenters. The van der Waals surface area contributed by atoms with Crippen LogP contribution in [0.5, 0.6) is 5.75 Å². The fourth-order valence-electron chi connectivity index (χ4n) is 1.51. The van der Waals surface area contributed by atoms with Crippen molar-refractivity contribution in [3.05, 3.63) is 29.3 Å². The van der Waals surface area contributed by atoms with Crippen molar-refractivity contribution in [2.24, 2.45) is 0 Å². The molecule has 0 aliphatic heterocycles. The van der Waals surface area contributed by atoms with E-state index in [0.717, 1.165) is 25.1 Å². The molecule has 4 heteroatoms. The van der Waals surface area contributed by atoms with Crippen LogP contribution in [-0.2, 0) is 6.42 Å². The fourth-order valence-corrected chi connectivity index (χ4v) is 1.51. The Hall–Kier alpha value is -0.800. The summed E-state index contributed by atoms with van der Waals surface area (Å²) in [5.74, 6) is 0.347. The van der Waals surface area contributed by atoms with Crippen molar-refractivity contribution >= 4 is 0 Å². The Morgan fingerprint density at radius 3 is 2.69 bits per heavy atom. The number of rotatable bonds is 6. The van der Waals surface area contributed by atoms with E-state index in [1.165, 1.54) is 5.56 Å². The lowest BCUT2D eigenvalue weighted by atomic mass is 10.1. The van der Waals surface area contributed by atoms with E-state index in [-0.39, 0.29) is 19.1 Å². The molecule has 0 amide bonds. The highest BCUT2D eigenvalue weighted by Crippen LogP contribution is 2.16. The Balaban J connectivity index is 0.00000225. The first-order valence-electron chi connectivity index (χ1n) is 5.40. The highest BCUT2D eigenvalue weighted by Gasteiger charge is 1.99. The third-order valence-electron chi connectivity index (χ3n) is 2.44. The molecule has 0 aliphatic rings. The van der Waals surface area contributed by atoms with Gasteiger partial charge in [0.15, 0.2) is 0 Å². The SMILES string of the molecule is Cc1cc(CC[NH2+]CCCF)ccc1O.[Cl-]. The van der Waals surface area contributed by atoms with Crippen molar-refractivity contribution in [1.82, 2.24) is 0 Å². The van der Waals surface area contributed by atoms with E-state index < -0.39 is 0 Å². The molecular formula is C12H19ClFNO. The molecule has 0 saturated heterocycles. The third kappa shape index (κ3) is 5.33. The maximum absolute atomic E-state index is 11.8. The average molecular weight is 248 g/mol. The van der Waals surface area contributed by atoms with Gasteiger partial charge in [-0.2, -0.15) is 0 Å². The van der Waals surface area contributed by atoms with Crippen LogP contribution in [0.4, 0.5) is 4.39 Å². The Morgan fingerprint density at radius 1 is 1.31 bits per heavy atom. The Bertz CT molecular complexity index is 307. The number of phenols is 1. The van der Waals surface area contributed by atoms with Crippen LogP contribution in [0.1, 0.15) is 17.5 Å². The lowest BCUT2D eigenvalue weighted by Crippen LogP contribution is -3.00. The van der Waals surface area contributed by atoms with E-state index in [1.54, 1.807) is 6.07 Å². The van der Waals surface area contributed by atoms with Gasteiger partial charge in [0, 0.05) is 12.8 Å². The van der Waals surface area contributed by atoms with E-state index in [1.807, 2.05) is 19.1 Å². The molecule has 1 rings (SSSR count). The number of hydrogen-bond donors (Lipinski definition) is 2. The van der Waals surface area contributed by atoms with Crippen LogP contribution in [0.2, 0.25) is 0 Å². The zero-order chi connectivity index (χ0) is 11.1. The second kappa shape index (κ2) is 8.36. The minimum Gasteiger partial charge on any atom is -1.00 e. The Kier molecular flexibility index (Phi) is 7.95. The third-order valence-corrected chi connectivity index (χ3v) is 2.44. The molecule has 0 fully saturated rings. The van der Waals surface area contributed by atoms with Crippen LogP contribution < -0.4 is 17.7 Å². The maximum Gasteiger partial charge on any atom is 0.118 e. The molecule has 92 valence electrons. The largest absolute Gasteiger partial charge is 1.00 e. The van der Waals surface area contributed by atoms with Crippen molar-refractivity contribution in [1.29, 1.82) is 0 Å². The van der Waals surface area contributed by atoms with E-state index in [2.05, 4.69) is 5.32 Å². The van der Waals surface area contributed by atoms with Crippen molar-refractivity contribution < 1.29 is 27.2 Å². The standard InChI is InChI=1S/C12H18FNO.ClH/c1-10-9-11(3-4-12(10)15)5-8-14-7-2-6-13;/h3-4,9,14-15H,2,5-8H2,1H3;1H. The van der Waals surface area contributed by atoms with E-state index >= 15 is 0 Å². The first-order valence-corrected chi connectivity index (χ1v) is 5.40. The highest BCUT2D eigenvalue weighted by molar-refractivity contribution is 5.34. The first-order chi connectivity index (χ1) is 7.24. The van der Waals surface area contributed by atoms with Gasteiger partial charge < -0.3 is 22.8 Å². The molecule has 0 aliphatic carbocycles. The van der Waals surface area contributed by atoms with Crippen LogP contribution in [0.3, 0.4) is 0 Å². The average Bonchev–Trinajstić information content (AvgIpc) is 2.23. The summed E-state index contributed by atoms with van der Waals surface area (Å²) in [4.78, 5) is 0. The van der Waals surface area contributed by atoms with Crippen molar-refractivity contribution in [2.45, 2.75) is 19.8 Å². The predicted molar refractivity (Wildman–Crippen MR) is 58.8 cm³/mol. The van der Waals surface area contributed by atoms with E-state index in [0.29, 0.717) is 12.2 Å². The summed E-state index contributed by atoms with van der Waals surface area (Å²) in [6.45, 7) is 3.50. The summed E-state index contributed by atoms with van der Waals surface area (Å²) < 4.78 is 11.8. The second-order valence-electron chi connectivity index (χ2n) is 3.78. The van der Waals surface area contributed by atoms with E-state index in [4.69, 9.17) is 0 Å². The molecule has 0 bridgehead atoms. The topological polar surface area (TPSA) is 36.8 Å². The summed E-state index contributed by atoms with van der Waals surface area (Å²) in [6, 6.07) is 5.66. The maximum atomic E-state index is 11.8. The monoisotopic (exact) mass is 247 g/mol. The zero-order valence-electron chi connectivity index (χ0n) is 9.55.